The first-order valence-corrected chi connectivity index (χ1v) is 10.1. The summed E-state index contributed by atoms with van der Waals surface area (Å²) in [5.41, 5.74) is 1.73. The zero-order valence-corrected chi connectivity index (χ0v) is 16.8. The number of carbonyl (C=O) groups is 1. The van der Waals surface area contributed by atoms with Crippen molar-refractivity contribution in [1.29, 1.82) is 0 Å². The van der Waals surface area contributed by atoms with Crippen LogP contribution in [0.1, 0.15) is 11.5 Å². The Balaban J connectivity index is 1.40. The minimum atomic E-state index is -0.210. The van der Waals surface area contributed by atoms with E-state index in [-0.39, 0.29) is 12.8 Å². The molecule has 0 radical (unpaired) electrons. The molecule has 150 valence electrons. The molecule has 7 nitrogen and oxygen atoms in total. The number of hydrogen-bond donors (Lipinski definition) is 0. The van der Waals surface area contributed by atoms with Crippen LogP contribution in [-0.2, 0) is 20.7 Å². The van der Waals surface area contributed by atoms with E-state index in [0.717, 1.165) is 28.5 Å². The monoisotopic (exact) mass is 405 g/mol. The van der Waals surface area contributed by atoms with E-state index in [0.29, 0.717) is 37.0 Å². The van der Waals surface area contributed by atoms with Gasteiger partial charge in [-0.3, -0.25) is 4.79 Å². The van der Waals surface area contributed by atoms with Gasteiger partial charge in [-0.15, -0.1) is 11.8 Å². The topological polar surface area (TPSA) is 80.0 Å². The highest BCUT2D eigenvalue weighted by Gasteiger charge is 2.17. The summed E-state index contributed by atoms with van der Waals surface area (Å²) in [6, 6.07) is 5.63. The van der Waals surface area contributed by atoms with Crippen LogP contribution in [0, 0.1) is 6.92 Å². The average Bonchev–Trinajstić information content (AvgIpc) is 3.32. The number of fused-ring (bicyclic) bond motifs is 1. The highest BCUT2D eigenvalue weighted by molar-refractivity contribution is 8.00. The molecule has 0 saturated heterocycles. The van der Waals surface area contributed by atoms with Gasteiger partial charge >= 0.3 is 5.97 Å². The van der Waals surface area contributed by atoms with E-state index >= 15 is 0 Å². The molecular formula is C20H23NO6S. The lowest BCUT2D eigenvalue weighted by atomic mass is 10.2. The Bertz CT molecular complexity index is 832. The molecule has 2 aromatic rings. The van der Waals surface area contributed by atoms with Crippen molar-refractivity contribution >= 4 is 17.7 Å². The van der Waals surface area contributed by atoms with Crippen LogP contribution < -0.4 is 9.47 Å². The first kappa shape index (κ1) is 20.3. The SMILES string of the molecule is COC(=O)CSC/C=C/COCCc1nc(-c2ccc3c(c2)OCO3)oc1C. The van der Waals surface area contributed by atoms with E-state index < -0.39 is 0 Å². The Hall–Kier alpha value is -2.45. The molecule has 8 heteroatoms. The molecule has 3 rings (SSSR count). The van der Waals surface area contributed by atoms with Crippen LogP contribution in [0.3, 0.4) is 0 Å². The summed E-state index contributed by atoms with van der Waals surface area (Å²) in [5, 5.41) is 0. The Morgan fingerprint density at radius 1 is 1.29 bits per heavy atom. The van der Waals surface area contributed by atoms with Crippen LogP contribution in [0.2, 0.25) is 0 Å². The van der Waals surface area contributed by atoms with Crippen molar-refractivity contribution in [2.75, 3.05) is 38.6 Å². The van der Waals surface area contributed by atoms with E-state index in [4.69, 9.17) is 18.6 Å². The molecule has 0 aliphatic carbocycles. The second kappa shape index (κ2) is 10.2. The summed E-state index contributed by atoms with van der Waals surface area (Å²) in [7, 11) is 1.39. The first-order chi connectivity index (χ1) is 13.7. The van der Waals surface area contributed by atoms with Crippen LogP contribution in [0.4, 0.5) is 0 Å². The van der Waals surface area contributed by atoms with Gasteiger partial charge in [0.1, 0.15) is 5.76 Å². The number of oxazole rings is 1. The molecule has 0 N–H and O–H groups in total. The maximum Gasteiger partial charge on any atom is 0.315 e. The minimum Gasteiger partial charge on any atom is -0.468 e. The van der Waals surface area contributed by atoms with Crippen molar-refractivity contribution in [3.63, 3.8) is 0 Å². The molecule has 0 unspecified atom stereocenters. The van der Waals surface area contributed by atoms with E-state index in [9.17, 15) is 4.79 Å². The number of ether oxygens (including phenoxy) is 4. The predicted octanol–water partition coefficient (Wildman–Crippen LogP) is 3.40. The fraction of sp³-hybridized carbons (Fsp3) is 0.400. The number of rotatable bonds is 10. The largest absolute Gasteiger partial charge is 0.468 e. The molecule has 1 aromatic carbocycles. The highest BCUT2D eigenvalue weighted by atomic mass is 32.2. The molecule has 1 aliphatic rings. The molecule has 0 amide bonds. The molecule has 2 heterocycles. The van der Waals surface area contributed by atoms with Crippen molar-refractivity contribution in [3.05, 3.63) is 41.8 Å². The molecule has 28 heavy (non-hydrogen) atoms. The molecule has 0 spiro atoms. The van der Waals surface area contributed by atoms with Crippen molar-refractivity contribution in [2.45, 2.75) is 13.3 Å². The Morgan fingerprint density at radius 2 is 2.14 bits per heavy atom. The van der Waals surface area contributed by atoms with Gasteiger partial charge in [-0.05, 0) is 25.1 Å². The smallest absolute Gasteiger partial charge is 0.315 e. The summed E-state index contributed by atoms with van der Waals surface area (Å²) in [4.78, 5) is 15.6. The number of hydrogen-bond acceptors (Lipinski definition) is 8. The summed E-state index contributed by atoms with van der Waals surface area (Å²) in [5.74, 6) is 3.68. The van der Waals surface area contributed by atoms with Gasteiger partial charge in [0.25, 0.3) is 0 Å². The third-order valence-electron chi connectivity index (χ3n) is 4.04. The second-order valence-corrected chi connectivity index (χ2v) is 7.01. The number of aryl methyl sites for hydroxylation is 1. The lowest BCUT2D eigenvalue weighted by Crippen LogP contribution is -2.03. The van der Waals surface area contributed by atoms with Crippen molar-refractivity contribution in [2.24, 2.45) is 0 Å². The van der Waals surface area contributed by atoms with Crippen LogP contribution in [0.5, 0.6) is 11.5 Å². The normalized spacial score (nSPS) is 12.6. The molecule has 0 bridgehead atoms. The van der Waals surface area contributed by atoms with Crippen molar-refractivity contribution in [3.8, 4) is 23.0 Å². The summed E-state index contributed by atoms with van der Waals surface area (Å²) >= 11 is 1.50. The van der Waals surface area contributed by atoms with Crippen LogP contribution in [0.25, 0.3) is 11.5 Å². The van der Waals surface area contributed by atoms with Gasteiger partial charge in [0.05, 0.1) is 31.8 Å². The van der Waals surface area contributed by atoms with E-state index in [1.165, 1.54) is 18.9 Å². The summed E-state index contributed by atoms with van der Waals surface area (Å²) in [6.45, 7) is 3.21. The fourth-order valence-corrected chi connectivity index (χ4v) is 3.21. The number of nitrogens with zero attached hydrogens (tertiary/aromatic N) is 1. The number of thioether (sulfide) groups is 1. The number of esters is 1. The predicted molar refractivity (Wildman–Crippen MR) is 106 cm³/mol. The van der Waals surface area contributed by atoms with Crippen molar-refractivity contribution < 1.29 is 28.2 Å². The first-order valence-electron chi connectivity index (χ1n) is 8.91. The van der Waals surface area contributed by atoms with E-state index in [2.05, 4.69) is 9.72 Å². The molecule has 1 aromatic heterocycles. The van der Waals surface area contributed by atoms with E-state index in [1.54, 1.807) is 0 Å². The van der Waals surface area contributed by atoms with Gasteiger partial charge < -0.3 is 23.4 Å². The van der Waals surface area contributed by atoms with E-state index in [1.807, 2.05) is 37.3 Å². The number of methoxy groups -OCH3 is 1. The van der Waals surface area contributed by atoms with Gasteiger partial charge in [0.15, 0.2) is 11.5 Å². The fourth-order valence-electron chi connectivity index (χ4n) is 2.54. The zero-order valence-electron chi connectivity index (χ0n) is 15.9. The Kier molecular flexibility index (Phi) is 7.39. The lowest BCUT2D eigenvalue weighted by molar-refractivity contribution is -0.137. The van der Waals surface area contributed by atoms with Gasteiger partial charge in [-0.25, -0.2) is 4.98 Å². The molecule has 0 atom stereocenters. The lowest BCUT2D eigenvalue weighted by Gasteiger charge is -2.00. The van der Waals surface area contributed by atoms with Crippen LogP contribution in [-0.4, -0.2) is 49.6 Å². The third-order valence-corrected chi connectivity index (χ3v) is 4.91. The Morgan fingerprint density at radius 3 is 3.00 bits per heavy atom. The van der Waals surface area contributed by atoms with Gasteiger partial charge in [-0.1, -0.05) is 12.2 Å². The molecule has 1 aliphatic heterocycles. The number of carbonyl (C=O) groups excluding carboxylic acids is 1. The number of benzene rings is 1. The average molecular weight is 405 g/mol. The zero-order chi connectivity index (χ0) is 19.8. The molecular weight excluding hydrogens is 382 g/mol. The quantitative estimate of drug-likeness (QED) is 0.338. The van der Waals surface area contributed by atoms with Gasteiger partial charge in [-0.2, -0.15) is 0 Å². The maximum atomic E-state index is 11.0. The van der Waals surface area contributed by atoms with Crippen LogP contribution in [0.15, 0.2) is 34.8 Å². The molecule has 0 fully saturated rings. The second-order valence-electron chi connectivity index (χ2n) is 5.98. The number of aromatic nitrogens is 1. The Labute approximate surface area is 168 Å². The summed E-state index contributed by atoms with van der Waals surface area (Å²) in [6.07, 6.45) is 4.59. The van der Waals surface area contributed by atoms with Gasteiger partial charge in [0.2, 0.25) is 12.7 Å². The maximum absolute atomic E-state index is 11.0. The van der Waals surface area contributed by atoms with Crippen LogP contribution >= 0.6 is 11.8 Å². The summed E-state index contributed by atoms with van der Waals surface area (Å²) < 4.78 is 26.7. The van der Waals surface area contributed by atoms with Crippen molar-refractivity contribution in [1.82, 2.24) is 4.98 Å². The minimum absolute atomic E-state index is 0.210. The van der Waals surface area contributed by atoms with Gasteiger partial charge in [0, 0.05) is 17.7 Å². The third kappa shape index (κ3) is 5.53. The standard InChI is InChI=1S/C20H23NO6S/c1-14-16(7-9-24-8-3-4-10-28-12-19(22)23-2)21-20(27-14)15-5-6-17-18(11-15)26-13-25-17/h3-6,11H,7-10,12-13H2,1-2H3/b4-3+. The highest BCUT2D eigenvalue weighted by Crippen LogP contribution is 2.36. The molecule has 0 saturated carbocycles.